The maximum absolute atomic E-state index is 12.8. The third-order valence-corrected chi connectivity index (χ3v) is 6.65. The quantitative estimate of drug-likeness (QED) is 0.908. The van der Waals surface area contributed by atoms with Crippen LogP contribution in [0.15, 0.2) is 11.4 Å². The molecule has 1 aromatic rings. The van der Waals surface area contributed by atoms with Crippen molar-refractivity contribution >= 4 is 35.0 Å². The lowest BCUT2D eigenvalue weighted by Gasteiger charge is -2.39. The fraction of sp³-hybridized carbons (Fsp3) is 0.600. The van der Waals surface area contributed by atoms with E-state index in [1.54, 1.807) is 34.9 Å². The van der Waals surface area contributed by atoms with E-state index >= 15 is 0 Å². The van der Waals surface area contributed by atoms with Gasteiger partial charge in [-0.05, 0) is 48.9 Å². The van der Waals surface area contributed by atoms with Crippen LogP contribution in [0.5, 0.6) is 0 Å². The molecule has 2 aliphatic heterocycles. The molecule has 2 atom stereocenters. The average molecular weight is 325 g/mol. The largest absolute Gasteiger partial charge is 0.481 e. The standard InChI is InChI=1S/C15H19NO3S2/c1-15(14(18)19)5-2-6-16(9-15)13(17)12-10-3-7-20-11(10)4-8-21-12/h3,7,12H,2,4-6,8-9H2,1H3,(H,18,19). The van der Waals surface area contributed by atoms with Crippen molar-refractivity contribution < 1.29 is 14.7 Å². The van der Waals surface area contributed by atoms with Crippen molar-refractivity contribution in [2.24, 2.45) is 5.41 Å². The van der Waals surface area contributed by atoms with Gasteiger partial charge in [-0.1, -0.05) is 0 Å². The van der Waals surface area contributed by atoms with Crippen LogP contribution in [0.3, 0.4) is 0 Å². The summed E-state index contributed by atoms with van der Waals surface area (Å²) in [6.45, 7) is 2.76. The van der Waals surface area contributed by atoms with Crippen molar-refractivity contribution in [1.29, 1.82) is 0 Å². The van der Waals surface area contributed by atoms with Crippen LogP contribution >= 0.6 is 23.1 Å². The molecule has 0 aromatic carbocycles. The molecule has 21 heavy (non-hydrogen) atoms. The summed E-state index contributed by atoms with van der Waals surface area (Å²) in [7, 11) is 0. The molecule has 0 radical (unpaired) electrons. The molecular weight excluding hydrogens is 306 g/mol. The molecule has 1 amide bonds. The van der Waals surface area contributed by atoms with Crippen LogP contribution in [0.4, 0.5) is 0 Å². The Bertz CT molecular complexity index is 571. The molecule has 0 bridgehead atoms. The maximum atomic E-state index is 12.8. The maximum Gasteiger partial charge on any atom is 0.311 e. The number of carbonyl (C=O) groups excluding carboxylic acids is 1. The van der Waals surface area contributed by atoms with Crippen LogP contribution in [-0.4, -0.2) is 40.7 Å². The van der Waals surface area contributed by atoms with E-state index in [4.69, 9.17) is 0 Å². The first kappa shape index (κ1) is 14.9. The molecule has 4 nitrogen and oxygen atoms in total. The number of carboxylic acid groups (broad SMARTS) is 1. The molecule has 0 aliphatic carbocycles. The third kappa shape index (κ3) is 2.71. The zero-order valence-corrected chi connectivity index (χ0v) is 13.6. The Morgan fingerprint density at radius 2 is 2.29 bits per heavy atom. The minimum absolute atomic E-state index is 0.0894. The number of thioether (sulfide) groups is 1. The van der Waals surface area contributed by atoms with E-state index in [1.807, 2.05) is 5.38 Å². The van der Waals surface area contributed by atoms with Crippen LogP contribution in [0.1, 0.15) is 35.5 Å². The SMILES string of the molecule is CC1(C(=O)O)CCCN(C(=O)C2SCCc3sccc32)C1. The summed E-state index contributed by atoms with van der Waals surface area (Å²) in [5.74, 6) is 0.257. The van der Waals surface area contributed by atoms with Gasteiger partial charge in [-0.2, -0.15) is 0 Å². The molecule has 3 heterocycles. The molecule has 114 valence electrons. The second-order valence-corrected chi connectivity index (χ2v) is 8.24. The number of aliphatic carboxylic acids is 1. The van der Waals surface area contributed by atoms with Crippen LogP contribution < -0.4 is 0 Å². The molecule has 0 spiro atoms. The number of likely N-dealkylation sites (tertiary alicyclic amines) is 1. The van der Waals surface area contributed by atoms with Gasteiger partial charge in [0, 0.05) is 18.0 Å². The van der Waals surface area contributed by atoms with E-state index in [1.165, 1.54) is 4.88 Å². The molecule has 0 saturated carbocycles. The fourth-order valence-corrected chi connectivity index (χ4v) is 5.49. The fourth-order valence-electron chi connectivity index (χ4n) is 3.12. The van der Waals surface area contributed by atoms with E-state index in [0.717, 1.165) is 24.2 Å². The zero-order valence-electron chi connectivity index (χ0n) is 12.0. The van der Waals surface area contributed by atoms with E-state index < -0.39 is 11.4 Å². The lowest BCUT2D eigenvalue weighted by molar-refractivity contribution is -0.153. The number of thiophene rings is 1. The van der Waals surface area contributed by atoms with Crippen molar-refractivity contribution in [2.75, 3.05) is 18.8 Å². The first-order valence-electron chi connectivity index (χ1n) is 7.21. The first-order valence-corrected chi connectivity index (χ1v) is 9.14. The molecule has 6 heteroatoms. The summed E-state index contributed by atoms with van der Waals surface area (Å²) in [6, 6.07) is 2.05. The minimum Gasteiger partial charge on any atom is -0.481 e. The van der Waals surface area contributed by atoms with E-state index in [-0.39, 0.29) is 11.2 Å². The smallest absolute Gasteiger partial charge is 0.311 e. The van der Waals surface area contributed by atoms with Gasteiger partial charge in [-0.25, -0.2) is 0 Å². The van der Waals surface area contributed by atoms with Crippen molar-refractivity contribution in [3.63, 3.8) is 0 Å². The van der Waals surface area contributed by atoms with Crippen molar-refractivity contribution in [1.82, 2.24) is 4.90 Å². The molecule has 1 N–H and O–H groups in total. The number of hydrogen-bond acceptors (Lipinski definition) is 4. The van der Waals surface area contributed by atoms with Crippen LogP contribution in [0, 0.1) is 5.41 Å². The first-order chi connectivity index (χ1) is 10.0. The van der Waals surface area contributed by atoms with Gasteiger partial charge in [0.05, 0.1) is 5.41 Å². The summed E-state index contributed by atoms with van der Waals surface area (Å²) in [6.07, 6.45) is 2.45. The lowest BCUT2D eigenvalue weighted by atomic mass is 9.82. The Morgan fingerprint density at radius 3 is 3.05 bits per heavy atom. The molecule has 2 aliphatic rings. The lowest BCUT2D eigenvalue weighted by Crippen LogP contribution is -2.49. The van der Waals surface area contributed by atoms with Crippen LogP contribution in [-0.2, 0) is 16.0 Å². The third-order valence-electron chi connectivity index (χ3n) is 4.42. The average Bonchev–Trinajstić information content (AvgIpc) is 2.94. The molecular formula is C15H19NO3S2. The van der Waals surface area contributed by atoms with Crippen molar-refractivity contribution in [3.8, 4) is 0 Å². The van der Waals surface area contributed by atoms with Gasteiger partial charge in [0.25, 0.3) is 0 Å². The Morgan fingerprint density at radius 1 is 1.48 bits per heavy atom. The highest BCUT2D eigenvalue weighted by Crippen LogP contribution is 2.41. The van der Waals surface area contributed by atoms with E-state index in [2.05, 4.69) is 6.07 Å². The number of hydrogen-bond donors (Lipinski definition) is 1. The molecule has 1 aromatic heterocycles. The van der Waals surface area contributed by atoms with Gasteiger partial charge >= 0.3 is 5.97 Å². The Hall–Kier alpha value is -1.01. The Balaban J connectivity index is 1.79. The molecule has 1 saturated heterocycles. The highest BCUT2D eigenvalue weighted by atomic mass is 32.2. The molecule has 2 unspecified atom stereocenters. The van der Waals surface area contributed by atoms with Gasteiger partial charge in [0.1, 0.15) is 5.25 Å². The summed E-state index contributed by atoms with van der Waals surface area (Å²) in [4.78, 5) is 27.4. The number of carbonyl (C=O) groups is 2. The predicted molar refractivity (Wildman–Crippen MR) is 84.8 cm³/mol. The van der Waals surface area contributed by atoms with Gasteiger partial charge in [0.15, 0.2) is 0 Å². The summed E-state index contributed by atoms with van der Waals surface area (Å²) in [5, 5.41) is 11.3. The Labute approximate surface area is 132 Å². The highest BCUT2D eigenvalue weighted by molar-refractivity contribution is 8.00. The monoisotopic (exact) mass is 325 g/mol. The highest BCUT2D eigenvalue weighted by Gasteiger charge is 2.41. The summed E-state index contributed by atoms with van der Waals surface area (Å²) < 4.78 is 0. The zero-order chi connectivity index (χ0) is 15.0. The number of nitrogens with zero attached hydrogens (tertiary/aromatic N) is 1. The van der Waals surface area contributed by atoms with Gasteiger partial charge in [0.2, 0.25) is 5.91 Å². The predicted octanol–water partition coefficient (Wildman–Crippen LogP) is 2.79. The van der Waals surface area contributed by atoms with Gasteiger partial charge < -0.3 is 10.0 Å². The minimum atomic E-state index is -0.801. The normalized spacial score (nSPS) is 29.0. The number of rotatable bonds is 2. The second kappa shape index (κ2) is 5.65. The Kier molecular flexibility index (Phi) is 4.01. The summed E-state index contributed by atoms with van der Waals surface area (Å²) in [5.41, 5.74) is 0.342. The topological polar surface area (TPSA) is 57.6 Å². The van der Waals surface area contributed by atoms with Crippen molar-refractivity contribution in [3.05, 3.63) is 21.9 Å². The van der Waals surface area contributed by atoms with Crippen molar-refractivity contribution in [2.45, 2.75) is 31.4 Å². The number of carboxylic acids is 1. The van der Waals surface area contributed by atoms with Crippen LogP contribution in [0.2, 0.25) is 0 Å². The van der Waals surface area contributed by atoms with Gasteiger partial charge in [-0.3, -0.25) is 9.59 Å². The number of piperidine rings is 1. The number of amides is 1. The van der Waals surface area contributed by atoms with E-state index in [9.17, 15) is 14.7 Å². The number of fused-ring (bicyclic) bond motifs is 1. The van der Waals surface area contributed by atoms with Crippen LogP contribution in [0.25, 0.3) is 0 Å². The molecule has 1 fully saturated rings. The summed E-state index contributed by atoms with van der Waals surface area (Å²) >= 11 is 3.41. The molecule has 3 rings (SSSR count). The number of aryl methyl sites for hydroxylation is 1. The van der Waals surface area contributed by atoms with Gasteiger partial charge in [-0.15, -0.1) is 23.1 Å². The van der Waals surface area contributed by atoms with E-state index in [0.29, 0.717) is 19.5 Å². The second-order valence-electron chi connectivity index (χ2n) is 6.03.